The highest BCUT2D eigenvalue weighted by Gasteiger charge is 2.18. The first-order valence-corrected chi connectivity index (χ1v) is 7.93. The van der Waals surface area contributed by atoms with Crippen molar-refractivity contribution < 1.29 is 4.52 Å². The van der Waals surface area contributed by atoms with Gasteiger partial charge in [0.05, 0.1) is 5.56 Å². The van der Waals surface area contributed by atoms with Crippen LogP contribution in [0, 0.1) is 0 Å². The molecular weight excluding hydrogens is 384 g/mol. The Morgan fingerprint density at radius 3 is 2.55 bits per heavy atom. The van der Waals surface area contributed by atoms with Crippen LogP contribution >= 0.6 is 31.9 Å². The molecule has 0 N–H and O–H groups in total. The molecule has 3 nitrogen and oxygen atoms in total. The second kappa shape index (κ2) is 5.89. The lowest BCUT2D eigenvalue weighted by atomic mass is 10.0. The summed E-state index contributed by atoms with van der Waals surface area (Å²) in [6.45, 7) is 0. The molecule has 0 aliphatic rings. The van der Waals surface area contributed by atoms with Crippen LogP contribution in [0.25, 0.3) is 22.5 Å². The van der Waals surface area contributed by atoms with Gasteiger partial charge in [0.15, 0.2) is 5.76 Å². The Morgan fingerprint density at radius 1 is 1.05 bits per heavy atom. The summed E-state index contributed by atoms with van der Waals surface area (Å²) in [5, 5.41) is 4.80. The summed E-state index contributed by atoms with van der Waals surface area (Å²) >= 11 is 6.86. The molecule has 0 saturated carbocycles. The van der Waals surface area contributed by atoms with E-state index in [1.54, 1.807) is 6.20 Å². The number of nitrogens with zero attached hydrogens (tertiary/aromatic N) is 2. The smallest absolute Gasteiger partial charge is 0.174 e. The van der Waals surface area contributed by atoms with E-state index in [-0.39, 0.29) is 0 Å². The molecule has 20 heavy (non-hydrogen) atoms. The molecule has 0 fully saturated rings. The normalized spacial score (nSPS) is 10.7. The fourth-order valence-corrected chi connectivity index (χ4v) is 2.80. The maximum absolute atomic E-state index is 5.55. The van der Waals surface area contributed by atoms with E-state index in [4.69, 9.17) is 4.52 Å². The highest BCUT2D eigenvalue weighted by atomic mass is 79.9. The maximum atomic E-state index is 5.55. The number of aromatic nitrogens is 2. The van der Waals surface area contributed by atoms with Gasteiger partial charge in [-0.05, 0) is 33.6 Å². The maximum Gasteiger partial charge on any atom is 0.174 e. The first-order chi connectivity index (χ1) is 9.79. The molecule has 0 spiro atoms. The minimum Gasteiger partial charge on any atom is -0.355 e. The lowest BCUT2D eigenvalue weighted by molar-refractivity contribution is 0.427. The van der Waals surface area contributed by atoms with Gasteiger partial charge in [0.1, 0.15) is 10.3 Å². The van der Waals surface area contributed by atoms with Gasteiger partial charge in [-0.2, -0.15) is 0 Å². The van der Waals surface area contributed by atoms with Crippen LogP contribution < -0.4 is 0 Å². The van der Waals surface area contributed by atoms with Crippen molar-refractivity contribution in [2.24, 2.45) is 0 Å². The molecule has 2 heterocycles. The lowest BCUT2D eigenvalue weighted by Gasteiger charge is -2.04. The van der Waals surface area contributed by atoms with Gasteiger partial charge < -0.3 is 4.52 Å². The highest BCUT2D eigenvalue weighted by Crippen LogP contribution is 2.36. The average molecular weight is 394 g/mol. The summed E-state index contributed by atoms with van der Waals surface area (Å²) in [7, 11) is 0. The minimum absolute atomic E-state index is 0.638. The SMILES string of the molecule is BrCc1noc(-c2ccccc2)c1-c1ccnc(Br)c1. The third kappa shape index (κ3) is 2.55. The number of pyridine rings is 1. The van der Waals surface area contributed by atoms with E-state index in [9.17, 15) is 0 Å². The summed E-state index contributed by atoms with van der Waals surface area (Å²) in [5.41, 5.74) is 3.91. The van der Waals surface area contributed by atoms with Crippen molar-refractivity contribution in [3.05, 3.63) is 59.0 Å². The fraction of sp³-hybridized carbons (Fsp3) is 0.0667. The predicted molar refractivity (Wildman–Crippen MR) is 85.5 cm³/mol. The van der Waals surface area contributed by atoms with Crippen LogP contribution in [-0.2, 0) is 5.33 Å². The molecule has 2 aromatic heterocycles. The molecule has 0 unspecified atom stereocenters. The predicted octanol–water partition coefficient (Wildman–Crippen LogP) is 5.06. The van der Waals surface area contributed by atoms with Gasteiger partial charge in [0.2, 0.25) is 0 Å². The fourth-order valence-electron chi connectivity index (χ4n) is 2.06. The molecule has 0 radical (unpaired) electrons. The second-order valence-electron chi connectivity index (χ2n) is 4.20. The molecule has 0 atom stereocenters. The molecule has 0 saturated heterocycles. The number of rotatable bonds is 3. The second-order valence-corrected chi connectivity index (χ2v) is 5.57. The zero-order chi connectivity index (χ0) is 13.9. The minimum atomic E-state index is 0.638. The third-order valence-electron chi connectivity index (χ3n) is 2.94. The molecule has 0 aliphatic carbocycles. The Bertz CT molecular complexity index is 726. The zero-order valence-electron chi connectivity index (χ0n) is 10.4. The van der Waals surface area contributed by atoms with E-state index < -0.39 is 0 Å². The van der Waals surface area contributed by atoms with Crippen LogP contribution in [0.5, 0.6) is 0 Å². The molecule has 1 aromatic carbocycles. The zero-order valence-corrected chi connectivity index (χ0v) is 13.6. The number of halogens is 2. The van der Waals surface area contributed by atoms with Crippen molar-refractivity contribution in [3.8, 4) is 22.5 Å². The Labute approximate surface area is 133 Å². The molecule has 100 valence electrons. The number of hydrogen-bond donors (Lipinski definition) is 0. The van der Waals surface area contributed by atoms with Crippen LogP contribution in [0.1, 0.15) is 5.69 Å². The van der Waals surface area contributed by atoms with Gasteiger partial charge in [-0.3, -0.25) is 0 Å². The van der Waals surface area contributed by atoms with Gasteiger partial charge in [-0.15, -0.1) is 0 Å². The van der Waals surface area contributed by atoms with E-state index >= 15 is 0 Å². The quantitative estimate of drug-likeness (QED) is 0.461. The molecule has 0 bridgehead atoms. The van der Waals surface area contributed by atoms with Gasteiger partial charge >= 0.3 is 0 Å². The number of alkyl halides is 1. The Morgan fingerprint density at radius 2 is 1.85 bits per heavy atom. The van der Waals surface area contributed by atoms with Crippen LogP contribution in [0.15, 0.2) is 57.8 Å². The van der Waals surface area contributed by atoms with Gasteiger partial charge in [0.25, 0.3) is 0 Å². The number of benzene rings is 1. The molecular formula is C15H10Br2N2O. The molecule has 0 amide bonds. The van der Waals surface area contributed by atoms with E-state index in [0.717, 1.165) is 32.7 Å². The monoisotopic (exact) mass is 392 g/mol. The van der Waals surface area contributed by atoms with Crippen LogP contribution in [0.4, 0.5) is 0 Å². The Balaban J connectivity index is 2.21. The summed E-state index contributed by atoms with van der Waals surface area (Å²) in [5.74, 6) is 0.776. The largest absolute Gasteiger partial charge is 0.355 e. The highest BCUT2D eigenvalue weighted by molar-refractivity contribution is 9.10. The van der Waals surface area contributed by atoms with Gasteiger partial charge in [-0.25, -0.2) is 4.98 Å². The first kappa shape index (κ1) is 13.5. The van der Waals surface area contributed by atoms with Crippen LogP contribution in [-0.4, -0.2) is 10.1 Å². The number of hydrogen-bond acceptors (Lipinski definition) is 3. The van der Waals surface area contributed by atoms with E-state index in [0.29, 0.717) is 5.33 Å². The summed E-state index contributed by atoms with van der Waals surface area (Å²) in [6, 6.07) is 13.9. The van der Waals surface area contributed by atoms with Crippen LogP contribution in [0.2, 0.25) is 0 Å². The summed E-state index contributed by atoms with van der Waals surface area (Å²) in [6.07, 6.45) is 1.76. The van der Waals surface area contributed by atoms with Crippen LogP contribution in [0.3, 0.4) is 0 Å². The van der Waals surface area contributed by atoms with E-state index in [1.807, 2.05) is 42.5 Å². The van der Waals surface area contributed by atoms with E-state index in [1.165, 1.54) is 0 Å². The molecule has 3 aromatic rings. The Hall–Kier alpha value is -1.46. The molecule has 5 heteroatoms. The molecule has 0 aliphatic heterocycles. The molecule has 3 rings (SSSR count). The van der Waals surface area contributed by atoms with E-state index in [2.05, 4.69) is 42.0 Å². The van der Waals surface area contributed by atoms with Crippen molar-refractivity contribution in [2.75, 3.05) is 0 Å². The average Bonchev–Trinajstić information content (AvgIpc) is 2.92. The summed E-state index contributed by atoms with van der Waals surface area (Å²) in [4.78, 5) is 4.16. The standard InChI is InChI=1S/C15H10Br2N2O/c16-9-12-14(11-6-7-18-13(17)8-11)15(20-19-12)10-4-2-1-3-5-10/h1-8H,9H2. The van der Waals surface area contributed by atoms with Crippen molar-refractivity contribution in [1.29, 1.82) is 0 Å². The first-order valence-electron chi connectivity index (χ1n) is 6.01. The summed E-state index contributed by atoms with van der Waals surface area (Å²) < 4.78 is 6.34. The Kier molecular flexibility index (Phi) is 3.98. The van der Waals surface area contributed by atoms with Gasteiger partial charge in [-0.1, -0.05) is 51.4 Å². The third-order valence-corrected chi connectivity index (χ3v) is 3.91. The topological polar surface area (TPSA) is 38.9 Å². The van der Waals surface area contributed by atoms with Crippen molar-refractivity contribution >= 4 is 31.9 Å². The van der Waals surface area contributed by atoms with Crippen molar-refractivity contribution in [3.63, 3.8) is 0 Å². The van der Waals surface area contributed by atoms with Gasteiger partial charge in [0, 0.05) is 17.1 Å². The lowest BCUT2D eigenvalue weighted by Crippen LogP contribution is -1.86. The van der Waals surface area contributed by atoms with Crippen molar-refractivity contribution in [2.45, 2.75) is 5.33 Å². The van der Waals surface area contributed by atoms with Crippen molar-refractivity contribution in [1.82, 2.24) is 10.1 Å².